The molecule has 1 aliphatic rings. The lowest BCUT2D eigenvalue weighted by molar-refractivity contribution is 0.328. The van der Waals surface area contributed by atoms with Crippen LogP contribution >= 0.6 is 0 Å². The number of nitrogens with zero attached hydrogens (tertiary/aromatic N) is 1. The first-order valence-corrected chi connectivity index (χ1v) is 11.0. The lowest BCUT2D eigenvalue weighted by Gasteiger charge is -2.31. The number of nitrogens with one attached hydrogen (secondary N) is 1. The van der Waals surface area contributed by atoms with Gasteiger partial charge in [0.1, 0.15) is 12.4 Å². The van der Waals surface area contributed by atoms with Crippen LogP contribution in [-0.2, 0) is 0 Å². The Kier molecular flexibility index (Phi) is 5.55. The topological polar surface area (TPSA) is 63.9 Å². The zero-order valence-electron chi connectivity index (χ0n) is 17.6. The number of allylic oxidation sites excluding steroid dienone is 1. The zero-order valence-corrected chi connectivity index (χ0v) is 17.6. The van der Waals surface area contributed by atoms with E-state index in [0.29, 0.717) is 19.1 Å². The van der Waals surface area contributed by atoms with Crippen LogP contribution in [-0.4, -0.2) is 23.3 Å². The molecule has 3 aromatic carbocycles. The van der Waals surface area contributed by atoms with Gasteiger partial charge in [0.2, 0.25) is 0 Å². The van der Waals surface area contributed by atoms with Gasteiger partial charge in [0.15, 0.2) is 0 Å². The molecular weight excluding hydrogens is 382 g/mol. The molecule has 31 heavy (non-hydrogen) atoms. The Balaban J connectivity index is 1.70. The molecule has 1 fully saturated rings. The smallest absolute Gasteiger partial charge is 0.119 e. The number of aromatic amines is 1. The number of rotatable bonds is 7. The van der Waals surface area contributed by atoms with Crippen molar-refractivity contribution in [2.45, 2.75) is 19.3 Å². The highest BCUT2D eigenvalue weighted by atomic mass is 16.5. The minimum absolute atomic E-state index is 0.511. The normalized spacial score (nSPS) is 14.9. The summed E-state index contributed by atoms with van der Waals surface area (Å²) in [7, 11) is 0. The number of fused-ring (bicyclic) bond motifs is 1. The van der Waals surface area contributed by atoms with Crippen LogP contribution in [0.25, 0.3) is 22.0 Å². The summed E-state index contributed by atoms with van der Waals surface area (Å²) >= 11 is 0. The van der Waals surface area contributed by atoms with Crippen molar-refractivity contribution in [3.8, 4) is 5.75 Å². The molecule has 3 N–H and O–H groups in total. The summed E-state index contributed by atoms with van der Waals surface area (Å²) < 4.78 is 5.71. The van der Waals surface area contributed by atoms with Gasteiger partial charge in [0, 0.05) is 11.9 Å². The van der Waals surface area contributed by atoms with E-state index in [1.807, 2.05) is 18.3 Å². The van der Waals surface area contributed by atoms with Gasteiger partial charge >= 0.3 is 0 Å². The molecule has 0 spiro atoms. The number of benzene rings is 3. The largest absolute Gasteiger partial charge is 0.492 e. The molecule has 0 bridgehead atoms. The van der Waals surface area contributed by atoms with Crippen LogP contribution in [0, 0.1) is 5.92 Å². The molecule has 4 nitrogen and oxygen atoms in total. The number of nitrogens with two attached hydrogens (primary N) is 1. The second-order valence-electron chi connectivity index (χ2n) is 8.12. The van der Waals surface area contributed by atoms with Crippen molar-refractivity contribution < 1.29 is 4.74 Å². The molecule has 0 amide bonds. The van der Waals surface area contributed by atoms with E-state index in [1.54, 1.807) is 0 Å². The minimum atomic E-state index is 0.511. The second-order valence-corrected chi connectivity index (χ2v) is 8.12. The monoisotopic (exact) mass is 409 g/mol. The molecule has 0 radical (unpaired) electrons. The average Bonchev–Trinajstić information content (AvgIpc) is 3.25. The summed E-state index contributed by atoms with van der Waals surface area (Å²) in [6, 6.07) is 25.8. The highest BCUT2D eigenvalue weighted by molar-refractivity contribution is 6.01. The van der Waals surface area contributed by atoms with Crippen molar-refractivity contribution in [1.82, 2.24) is 10.2 Å². The predicted octanol–water partition coefficient (Wildman–Crippen LogP) is 5.66. The van der Waals surface area contributed by atoms with E-state index in [9.17, 15) is 0 Å². The van der Waals surface area contributed by atoms with Crippen LogP contribution < -0.4 is 10.5 Å². The molecular formula is C27H27N3O. The summed E-state index contributed by atoms with van der Waals surface area (Å²) in [5, 5.41) is 8.40. The summed E-state index contributed by atoms with van der Waals surface area (Å²) in [5.41, 5.74) is 13.1. The van der Waals surface area contributed by atoms with E-state index in [1.165, 1.54) is 47.1 Å². The number of hydrogen-bond acceptors (Lipinski definition) is 3. The van der Waals surface area contributed by atoms with Gasteiger partial charge in [0.05, 0.1) is 11.7 Å². The third kappa shape index (κ3) is 3.99. The first-order valence-electron chi connectivity index (χ1n) is 11.0. The molecule has 1 heterocycles. The number of hydrogen-bond donors (Lipinski definition) is 2. The van der Waals surface area contributed by atoms with Crippen molar-refractivity contribution in [2.75, 3.05) is 13.2 Å². The first-order chi connectivity index (χ1) is 15.3. The molecule has 0 aliphatic heterocycles. The molecule has 1 aromatic heterocycles. The van der Waals surface area contributed by atoms with Crippen molar-refractivity contribution in [1.29, 1.82) is 0 Å². The van der Waals surface area contributed by atoms with Crippen molar-refractivity contribution in [3.05, 3.63) is 95.7 Å². The van der Waals surface area contributed by atoms with Crippen LogP contribution in [0.15, 0.2) is 79.0 Å². The molecule has 1 saturated carbocycles. The van der Waals surface area contributed by atoms with Crippen LogP contribution in [0.4, 0.5) is 0 Å². The quantitative estimate of drug-likeness (QED) is 0.387. The van der Waals surface area contributed by atoms with Gasteiger partial charge in [-0.2, -0.15) is 5.10 Å². The predicted molar refractivity (Wildman–Crippen MR) is 127 cm³/mol. The highest BCUT2D eigenvalue weighted by Crippen LogP contribution is 2.45. The third-order valence-corrected chi connectivity index (χ3v) is 6.13. The molecule has 1 aliphatic carbocycles. The van der Waals surface area contributed by atoms with Gasteiger partial charge in [-0.05, 0) is 70.9 Å². The summed E-state index contributed by atoms with van der Waals surface area (Å²) in [4.78, 5) is 0. The van der Waals surface area contributed by atoms with E-state index in [2.05, 4.69) is 70.9 Å². The number of ether oxygens (including phenoxy) is 1. The fourth-order valence-corrected chi connectivity index (χ4v) is 4.37. The van der Waals surface area contributed by atoms with Crippen LogP contribution in [0.3, 0.4) is 0 Å². The molecule has 0 atom stereocenters. The maximum atomic E-state index is 5.71. The van der Waals surface area contributed by atoms with Crippen molar-refractivity contribution >= 4 is 22.0 Å². The molecule has 156 valence electrons. The van der Waals surface area contributed by atoms with Crippen molar-refractivity contribution in [2.24, 2.45) is 11.7 Å². The van der Waals surface area contributed by atoms with Crippen molar-refractivity contribution in [3.63, 3.8) is 0 Å². The fraction of sp³-hybridized carbons (Fsp3) is 0.222. The lowest BCUT2D eigenvalue weighted by atomic mass is 9.73. The van der Waals surface area contributed by atoms with Gasteiger partial charge in [-0.15, -0.1) is 0 Å². The van der Waals surface area contributed by atoms with E-state index < -0.39 is 0 Å². The van der Waals surface area contributed by atoms with Crippen LogP contribution in [0.1, 0.15) is 36.0 Å². The van der Waals surface area contributed by atoms with Gasteiger partial charge in [-0.3, -0.25) is 5.10 Å². The Morgan fingerprint density at radius 1 is 0.935 bits per heavy atom. The third-order valence-electron chi connectivity index (χ3n) is 6.13. The maximum absolute atomic E-state index is 5.71. The molecule has 4 aromatic rings. The Labute approximate surface area is 182 Å². The lowest BCUT2D eigenvalue weighted by Crippen LogP contribution is -2.15. The Morgan fingerprint density at radius 3 is 2.42 bits per heavy atom. The summed E-state index contributed by atoms with van der Waals surface area (Å²) in [6.45, 7) is 1.04. The Hall–Kier alpha value is -3.37. The first kappa shape index (κ1) is 19.6. The van der Waals surface area contributed by atoms with Gasteiger partial charge in [0.25, 0.3) is 0 Å². The molecule has 5 rings (SSSR count). The van der Waals surface area contributed by atoms with Crippen LogP contribution in [0.2, 0.25) is 0 Å². The number of aromatic nitrogens is 2. The maximum Gasteiger partial charge on any atom is 0.119 e. The second kappa shape index (κ2) is 8.78. The van der Waals surface area contributed by atoms with E-state index >= 15 is 0 Å². The standard InChI is InChI=1S/C27H27N3O/c28-15-16-31-24-12-9-21(10-13-24)27(22-11-14-25-23(17-22)18-29-30-25)26(20-7-4-8-20)19-5-2-1-3-6-19/h1-3,5-6,9-14,17-18,20H,4,7-8,15-16,28H2,(H,29,30). The Morgan fingerprint density at radius 2 is 1.71 bits per heavy atom. The number of H-pyrrole nitrogens is 1. The zero-order chi connectivity index (χ0) is 21.0. The van der Waals surface area contributed by atoms with Crippen LogP contribution in [0.5, 0.6) is 5.75 Å². The Bertz CT molecular complexity index is 1190. The van der Waals surface area contributed by atoms with Gasteiger partial charge in [-0.25, -0.2) is 0 Å². The van der Waals surface area contributed by atoms with E-state index in [0.717, 1.165) is 16.7 Å². The molecule has 0 unspecified atom stereocenters. The average molecular weight is 410 g/mol. The fourth-order valence-electron chi connectivity index (χ4n) is 4.37. The highest BCUT2D eigenvalue weighted by Gasteiger charge is 2.27. The van der Waals surface area contributed by atoms with E-state index in [4.69, 9.17) is 10.5 Å². The summed E-state index contributed by atoms with van der Waals surface area (Å²) in [5.74, 6) is 1.43. The molecule has 4 heteroatoms. The van der Waals surface area contributed by atoms with Gasteiger partial charge in [-0.1, -0.05) is 55.0 Å². The van der Waals surface area contributed by atoms with E-state index in [-0.39, 0.29) is 0 Å². The minimum Gasteiger partial charge on any atom is -0.492 e. The summed E-state index contributed by atoms with van der Waals surface area (Å²) in [6.07, 6.45) is 5.66. The molecule has 0 saturated heterocycles. The SMILES string of the molecule is NCCOc1ccc(C(=C(c2ccccc2)C2CCC2)c2ccc3[nH]ncc3c2)cc1. The van der Waals surface area contributed by atoms with Gasteiger partial charge < -0.3 is 10.5 Å².